The summed E-state index contributed by atoms with van der Waals surface area (Å²) in [5.74, 6) is 0.694. The van der Waals surface area contributed by atoms with E-state index in [1.807, 2.05) is 11.8 Å². The van der Waals surface area contributed by atoms with Gasteiger partial charge in [0.15, 0.2) is 0 Å². The summed E-state index contributed by atoms with van der Waals surface area (Å²) in [6, 6.07) is 7.36. The Morgan fingerprint density at radius 2 is 2.32 bits per heavy atom. The van der Waals surface area contributed by atoms with Crippen LogP contribution in [0.4, 0.5) is 5.69 Å². The Balaban J connectivity index is 2.04. The predicted molar refractivity (Wildman–Crippen MR) is 85.3 cm³/mol. The molecule has 1 saturated heterocycles. The molecule has 0 bridgehead atoms. The van der Waals surface area contributed by atoms with E-state index in [1.165, 1.54) is 0 Å². The van der Waals surface area contributed by atoms with Gasteiger partial charge >= 0.3 is 0 Å². The second kappa shape index (κ2) is 7.69. The van der Waals surface area contributed by atoms with E-state index < -0.39 is 0 Å². The number of nitrogens with zero attached hydrogens (tertiary/aromatic N) is 2. The maximum absolute atomic E-state index is 12.2. The number of amides is 1. The Kier molecular flexibility index (Phi) is 5.65. The molecule has 1 heterocycles. The minimum atomic E-state index is 0.0840. The molecule has 0 radical (unpaired) electrons. The van der Waals surface area contributed by atoms with Crippen LogP contribution in [-0.4, -0.2) is 30.0 Å². The first-order valence-electron chi connectivity index (χ1n) is 7.88. The summed E-state index contributed by atoms with van der Waals surface area (Å²) in [6.45, 7) is 3.22. The predicted octanol–water partition coefficient (Wildman–Crippen LogP) is 2.70. The van der Waals surface area contributed by atoms with Gasteiger partial charge < -0.3 is 15.4 Å². The number of hydrogen-bond donors (Lipinski definition) is 1. The summed E-state index contributed by atoms with van der Waals surface area (Å²) in [7, 11) is 0. The van der Waals surface area contributed by atoms with Crippen LogP contribution in [0.25, 0.3) is 0 Å². The second-order valence-electron chi connectivity index (χ2n) is 5.63. The summed E-state index contributed by atoms with van der Waals surface area (Å²) >= 11 is 0. The molecular weight excluding hydrogens is 278 g/mol. The van der Waals surface area contributed by atoms with E-state index >= 15 is 0 Å². The number of nitrogens with two attached hydrogens (primary N) is 1. The van der Waals surface area contributed by atoms with Crippen LogP contribution in [0, 0.1) is 11.3 Å². The van der Waals surface area contributed by atoms with Crippen LogP contribution < -0.4 is 10.5 Å². The molecule has 2 N–H and O–H groups in total. The highest BCUT2D eigenvalue weighted by molar-refractivity contribution is 5.76. The van der Waals surface area contributed by atoms with Crippen LogP contribution in [0.1, 0.15) is 44.6 Å². The van der Waals surface area contributed by atoms with Gasteiger partial charge in [0.1, 0.15) is 24.0 Å². The molecule has 1 aliphatic heterocycles. The highest BCUT2D eigenvalue weighted by atomic mass is 16.5. The fourth-order valence-corrected chi connectivity index (χ4v) is 2.83. The van der Waals surface area contributed by atoms with E-state index in [9.17, 15) is 10.1 Å². The number of nitrogen functional groups attached to an aromatic ring is 1. The lowest BCUT2D eigenvalue weighted by molar-refractivity contribution is -0.135. The summed E-state index contributed by atoms with van der Waals surface area (Å²) in [4.78, 5) is 14.1. The zero-order valence-electron chi connectivity index (χ0n) is 13.0. The molecule has 2 rings (SSSR count). The zero-order valence-corrected chi connectivity index (χ0v) is 13.0. The maximum atomic E-state index is 12.2. The number of anilines is 1. The first kappa shape index (κ1) is 16.2. The van der Waals surface area contributed by atoms with Crippen LogP contribution in [0.3, 0.4) is 0 Å². The van der Waals surface area contributed by atoms with Crippen molar-refractivity contribution in [2.24, 2.45) is 0 Å². The van der Waals surface area contributed by atoms with Gasteiger partial charge in [0.25, 0.3) is 0 Å². The average Bonchev–Trinajstić information content (AvgIpc) is 2.53. The molecule has 1 fully saturated rings. The van der Waals surface area contributed by atoms with Crippen molar-refractivity contribution in [3.63, 3.8) is 0 Å². The fourth-order valence-electron chi connectivity index (χ4n) is 2.83. The number of rotatable bonds is 5. The Morgan fingerprint density at radius 1 is 1.50 bits per heavy atom. The van der Waals surface area contributed by atoms with Gasteiger partial charge in [-0.25, -0.2) is 0 Å². The molecule has 0 saturated carbocycles. The lowest BCUT2D eigenvalue weighted by atomic mass is 10.0. The third-order valence-electron chi connectivity index (χ3n) is 4.01. The van der Waals surface area contributed by atoms with Crippen molar-refractivity contribution in [1.82, 2.24) is 4.90 Å². The van der Waals surface area contributed by atoms with E-state index in [0.29, 0.717) is 30.0 Å². The summed E-state index contributed by atoms with van der Waals surface area (Å²) < 4.78 is 5.81. The van der Waals surface area contributed by atoms with E-state index in [4.69, 9.17) is 10.5 Å². The minimum absolute atomic E-state index is 0.0840. The van der Waals surface area contributed by atoms with E-state index in [-0.39, 0.29) is 11.9 Å². The molecule has 0 aliphatic carbocycles. The van der Waals surface area contributed by atoms with Crippen molar-refractivity contribution in [2.45, 2.75) is 45.1 Å². The molecule has 1 aromatic rings. The maximum Gasteiger partial charge on any atom is 0.222 e. The average molecular weight is 301 g/mol. The quantitative estimate of drug-likeness (QED) is 0.848. The normalized spacial score (nSPS) is 17.8. The highest BCUT2D eigenvalue weighted by Gasteiger charge is 2.26. The molecule has 118 valence electrons. The van der Waals surface area contributed by atoms with Crippen molar-refractivity contribution in [1.29, 1.82) is 5.26 Å². The second-order valence-corrected chi connectivity index (χ2v) is 5.63. The number of likely N-dealkylation sites (tertiary alicyclic amines) is 1. The van der Waals surface area contributed by atoms with Crippen LogP contribution in [0.2, 0.25) is 0 Å². The highest BCUT2D eigenvalue weighted by Crippen LogP contribution is 2.25. The SMILES string of the molecule is CCCC(=O)N1CCCC[C@@H]1COc1cccc(N)c1C#N. The Hall–Kier alpha value is -2.22. The van der Waals surface area contributed by atoms with E-state index in [1.54, 1.807) is 18.2 Å². The number of carbonyl (C=O) groups is 1. The minimum Gasteiger partial charge on any atom is -0.490 e. The molecule has 1 aromatic carbocycles. The van der Waals surface area contributed by atoms with Gasteiger partial charge in [0.2, 0.25) is 5.91 Å². The molecule has 0 aromatic heterocycles. The molecule has 1 aliphatic rings. The Labute approximate surface area is 131 Å². The van der Waals surface area contributed by atoms with Crippen molar-refractivity contribution in [2.75, 3.05) is 18.9 Å². The molecule has 5 heteroatoms. The Morgan fingerprint density at radius 3 is 3.05 bits per heavy atom. The van der Waals surface area contributed by atoms with Crippen LogP contribution in [0.5, 0.6) is 5.75 Å². The van der Waals surface area contributed by atoms with Crippen LogP contribution in [0.15, 0.2) is 18.2 Å². The van der Waals surface area contributed by atoms with Gasteiger partial charge in [-0.1, -0.05) is 13.0 Å². The van der Waals surface area contributed by atoms with Crippen molar-refractivity contribution in [3.8, 4) is 11.8 Å². The van der Waals surface area contributed by atoms with Crippen LogP contribution >= 0.6 is 0 Å². The molecule has 5 nitrogen and oxygen atoms in total. The van der Waals surface area contributed by atoms with E-state index in [2.05, 4.69) is 6.07 Å². The van der Waals surface area contributed by atoms with Gasteiger partial charge in [0, 0.05) is 13.0 Å². The van der Waals surface area contributed by atoms with Crippen molar-refractivity contribution >= 4 is 11.6 Å². The number of hydrogen-bond acceptors (Lipinski definition) is 4. The molecule has 0 unspecified atom stereocenters. The smallest absolute Gasteiger partial charge is 0.222 e. The molecular formula is C17H23N3O2. The number of carbonyl (C=O) groups excluding carboxylic acids is 1. The number of benzene rings is 1. The van der Waals surface area contributed by atoms with Crippen LogP contribution in [-0.2, 0) is 4.79 Å². The summed E-state index contributed by atoms with van der Waals surface area (Å²) in [5.41, 5.74) is 6.57. The fraction of sp³-hybridized carbons (Fsp3) is 0.529. The first-order valence-corrected chi connectivity index (χ1v) is 7.88. The monoisotopic (exact) mass is 301 g/mol. The summed E-state index contributed by atoms with van der Waals surface area (Å²) in [6.07, 6.45) is 4.54. The van der Waals surface area contributed by atoms with Gasteiger partial charge in [-0.2, -0.15) is 5.26 Å². The lowest BCUT2D eigenvalue weighted by Gasteiger charge is -2.35. The van der Waals surface area contributed by atoms with E-state index in [0.717, 1.165) is 32.2 Å². The standard InChI is InChI=1S/C17H23N3O2/c1-2-6-17(21)20-10-4-3-7-13(20)12-22-16-9-5-8-15(19)14(16)11-18/h5,8-9,13H,2-4,6-7,10,12,19H2,1H3/t13-/m1/s1. The van der Waals surface area contributed by atoms with Crippen molar-refractivity contribution in [3.05, 3.63) is 23.8 Å². The third-order valence-corrected chi connectivity index (χ3v) is 4.01. The van der Waals surface area contributed by atoms with Gasteiger partial charge in [-0.05, 0) is 37.8 Å². The molecule has 1 atom stereocenters. The number of ether oxygens (including phenoxy) is 1. The van der Waals surface area contributed by atoms with Gasteiger partial charge in [-0.15, -0.1) is 0 Å². The largest absolute Gasteiger partial charge is 0.490 e. The molecule has 1 amide bonds. The molecule has 22 heavy (non-hydrogen) atoms. The van der Waals surface area contributed by atoms with Crippen molar-refractivity contribution < 1.29 is 9.53 Å². The molecule has 0 spiro atoms. The zero-order chi connectivity index (χ0) is 15.9. The van der Waals surface area contributed by atoms with Gasteiger partial charge in [-0.3, -0.25) is 4.79 Å². The Bertz CT molecular complexity index is 566. The first-order chi connectivity index (χ1) is 10.7. The number of nitriles is 1. The number of piperidine rings is 1. The summed E-state index contributed by atoms with van der Waals surface area (Å²) in [5, 5.41) is 9.17. The topological polar surface area (TPSA) is 79.3 Å². The lowest BCUT2D eigenvalue weighted by Crippen LogP contribution is -2.46. The van der Waals surface area contributed by atoms with Gasteiger partial charge in [0.05, 0.1) is 11.7 Å². The third kappa shape index (κ3) is 3.70.